The highest BCUT2D eigenvalue weighted by molar-refractivity contribution is 5.77. The van der Waals surface area contributed by atoms with Gasteiger partial charge >= 0.3 is 0 Å². The Bertz CT molecular complexity index is 531. The second-order valence-electron chi connectivity index (χ2n) is 2.69. The lowest BCUT2D eigenvalue weighted by molar-refractivity contribution is 0.830. The van der Waals surface area contributed by atoms with Gasteiger partial charge in [0.2, 0.25) is 0 Å². The van der Waals surface area contributed by atoms with Gasteiger partial charge in [-0.25, -0.2) is 0 Å². The highest BCUT2D eigenvalue weighted by Gasteiger charge is 2.04. The van der Waals surface area contributed by atoms with E-state index in [0.717, 1.165) is 11.0 Å². The van der Waals surface area contributed by atoms with E-state index in [0.29, 0.717) is 0 Å². The zero-order chi connectivity index (χ0) is 9.97. The highest BCUT2D eigenvalue weighted by atomic mass is 15.4. The van der Waals surface area contributed by atoms with Crippen molar-refractivity contribution >= 4 is 16.9 Å². The van der Waals surface area contributed by atoms with Crippen molar-refractivity contribution in [2.45, 2.75) is 0 Å². The van der Waals surface area contributed by atoms with Crippen molar-refractivity contribution in [2.24, 2.45) is 5.73 Å². The predicted octanol–water partition coefficient (Wildman–Crippen LogP) is 0.712. The van der Waals surface area contributed by atoms with Gasteiger partial charge in [0.05, 0.1) is 17.7 Å². The van der Waals surface area contributed by atoms with E-state index >= 15 is 0 Å². The van der Waals surface area contributed by atoms with Crippen LogP contribution in [-0.2, 0) is 0 Å². The average Bonchev–Trinajstić information content (AvgIpc) is 2.61. The SMILES string of the molecule is N#C/C=C(\N)n1nnc2ccccc21. The molecule has 0 aliphatic rings. The van der Waals surface area contributed by atoms with Gasteiger partial charge in [-0.3, -0.25) is 0 Å². The van der Waals surface area contributed by atoms with E-state index in [1.807, 2.05) is 30.3 Å². The van der Waals surface area contributed by atoms with Gasteiger partial charge in [-0.05, 0) is 12.1 Å². The topological polar surface area (TPSA) is 80.5 Å². The fourth-order valence-corrected chi connectivity index (χ4v) is 1.19. The normalized spacial score (nSPS) is 11.5. The van der Waals surface area contributed by atoms with Crippen molar-refractivity contribution in [2.75, 3.05) is 0 Å². The number of rotatable bonds is 1. The molecule has 0 fully saturated rings. The average molecular weight is 185 g/mol. The van der Waals surface area contributed by atoms with E-state index in [-0.39, 0.29) is 5.82 Å². The first-order valence-corrected chi connectivity index (χ1v) is 3.99. The van der Waals surface area contributed by atoms with Crippen LogP contribution < -0.4 is 5.73 Å². The van der Waals surface area contributed by atoms with E-state index in [4.69, 9.17) is 11.0 Å². The van der Waals surface area contributed by atoms with Crippen molar-refractivity contribution in [1.82, 2.24) is 15.0 Å². The minimum atomic E-state index is 0.265. The zero-order valence-corrected chi connectivity index (χ0v) is 7.25. The summed E-state index contributed by atoms with van der Waals surface area (Å²) in [5.74, 6) is 0.265. The quantitative estimate of drug-likeness (QED) is 0.663. The lowest BCUT2D eigenvalue weighted by Crippen LogP contribution is -2.07. The maximum atomic E-state index is 8.44. The maximum Gasteiger partial charge on any atom is 0.137 e. The Morgan fingerprint density at radius 1 is 1.50 bits per heavy atom. The number of benzene rings is 1. The Hall–Kier alpha value is -2.35. The summed E-state index contributed by atoms with van der Waals surface area (Å²) in [6, 6.07) is 9.25. The monoisotopic (exact) mass is 185 g/mol. The van der Waals surface area contributed by atoms with Crippen LogP contribution in [0.5, 0.6) is 0 Å². The van der Waals surface area contributed by atoms with Crippen LogP contribution in [0.2, 0.25) is 0 Å². The Labute approximate surface area is 80.0 Å². The molecule has 1 heterocycles. The smallest absolute Gasteiger partial charge is 0.137 e. The van der Waals surface area contributed by atoms with Gasteiger partial charge in [-0.15, -0.1) is 5.10 Å². The van der Waals surface area contributed by atoms with Crippen molar-refractivity contribution in [1.29, 1.82) is 5.26 Å². The third-order valence-corrected chi connectivity index (χ3v) is 1.81. The molecule has 0 aliphatic carbocycles. The van der Waals surface area contributed by atoms with Gasteiger partial charge < -0.3 is 5.73 Å². The van der Waals surface area contributed by atoms with Gasteiger partial charge in [0.1, 0.15) is 11.3 Å². The number of nitrogens with two attached hydrogens (primary N) is 1. The molecular formula is C9H7N5. The molecule has 0 unspecified atom stereocenters. The number of nitriles is 1. The molecular weight excluding hydrogens is 178 g/mol. The van der Waals surface area contributed by atoms with Crippen LogP contribution in [0.4, 0.5) is 0 Å². The lowest BCUT2D eigenvalue weighted by Gasteiger charge is -1.98. The van der Waals surface area contributed by atoms with Gasteiger partial charge in [0.25, 0.3) is 0 Å². The number of nitrogens with zero attached hydrogens (tertiary/aromatic N) is 4. The summed E-state index contributed by atoms with van der Waals surface area (Å²) in [6.07, 6.45) is 1.22. The number of aromatic nitrogens is 3. The molecule has 5 nitrogen and oxygen atoms in total. The third-order valence-electron chi connectivity index (χ3n) is 1.81. The number of hydrogen-bond donors (Lipinski definition) is 1. The van der Waals surface area contributed by atoms with Crippen LogP contribution in [0.3, 0.4) is 0 Å². The Morgan fingerprint density at radius 3 is 3.07 bits per heavy atom. The summed E-state index contributed by atoms with van der Waals surface area (Å²) in [5, 5.41) is 16.2. The van der Waals surface area contributed by atoms with E-state index in [1.54, 1.807) is 0 Å². The molecule has 68 valence electrons. The number of hydrogen-bond acceptors (Lipinski definition) is 4. The second-order valence-corrected chi connectivity index (χ2v) is 2.69. The fourth-order valence-electron chi connectivity index (χ4n) is 1.19. The lowest BCUT2D eigenvalue weighted by atomic mass is 10.3. The van der Waals surface area contributed by atoms with Crippen LogP contribution in [0.25, 0.3) is 16.9 Å². The Morgan fingerprint density at radius 2 is 2.29 bits per heavy atom. The van der Waals surface area contributed by atoms with Crippen LogP contribution >= 0.6 is 0 Å². The van der Waals surface area contributed by atoms with E-state index in [9.17, 15) is 0 Å². The summed E-state index contributed by atoms with van der Waals surface area (Å²) in [7, 11) is 0. The molecule has 5 heteroatoms. The van der Waals surface area contributed by atoms with Crippen molar-refractivity contribution in [3.8, 4) is 6.07 Å². The van der Waals surface area contributed by atoms with Crippen LogP contribution in [0.15, 0.2) is 30.3 Å². The number of fused-ring (bicyclic) bond motifs is 1. The van der Waals surface area contributed by atoms with Gasteiger partial charge in [0.15, 0.2) is 0 Å². The van der Waals surface area contributed by atoms with E-state index in [2.05, 4.69) is 10.3 Å². The molecule has 2 rings (SSSR count). The fraction of sp³-hybridized carbons (Fsp3) is 0. The molecule has 2 aromatic rings. The molecule has 0 amide bonds. The van der Waals surface area contributed by atoms with Crippen LogP contribution in [-0.4, -0.2) is 15.0 Å². The van der Waals surface area contributed by atoms with Crippen molar-refractivity contribution in [3.63, 3.8) is 0 Å². The first-order chi connectivity index (χ1) is 6.83. The summed E-state index contributed by atoms with van der Waals surface area (Å²) in [6.45, 7) is 0. The molecule has 1 aromatic carbocycles. The second kappa shape index (κ2) is 3.18. The van der Waals surface area contributed by atoms with Crippen molar-refractivity contribution in [3.05, 3.63) is 30.3 Å². The van der Waals surface area contributed by atoms with E-state index in [1.165, 1.54) is 10.8 Å². The third kappa shape index (κ3) is 1.19. The summed E-state index contributed by atoms with van der Waals surface area (Å²) in [5.41, 5.74) is 7.16. The maximum absolute atomic E-state index is 8.44. The molecule has 0 atom stereocenters. The summed E-state index contributed by atoms with van der Waals surface area (Å²) in [4.78, 5) is 0. The first kappa shape index (κ1) is 8.26. The Kier molecular flexibility index (Phi) is 1.88. The van der Waals surface area contributed by atoms with Crippen molar-refractivity contribution < 1.29 is 0 Å². The minimum absolute atomic E-state index is 0.265. The number of para-hydroxylation sites is 1. The molecule has 0 bridgehead atoms. The number of allylic oxidation sites excluding steroid dienone is 1. The summed E-state index contributed by atoms with van der Waals surface area (Å²) >= 11 is 0. The largest absolute Gasteiger partial charge is 0.383 e. The van der Waals surface area contributed by atoms with E-state index < -0.39 is 0 Å². The predicted molar refractivity (Wildman–Crippen MR) is 51.6 cm³/mol. The van der Waals surface area contributed by atoms with Gasteiger partial charge in [-0.2, -0.15) is 9.94 Å². The minimum Gasteiger partial charge on any atom is -0.383 e. The molecule has 0 radical (unpaired) electrons. The molecule has 0 aliphatic heterocycles. The Balaban J connectivity index is 2.65. The molecule has 2 N–H and O–H groups in total. The zero-order valence-electron chi connectivity index (χ0n) is 7.25. The van der Waals surface area contributed by atoms with Crippen LogP contribution in [0.1, 0.15) is 0 Å². The standard InChI is InChI=1S/C9H7N5/c10-6-5-9(11)14-8-4-2-1-3-7(8)12-13-14/h1-5H,11H2/b9-5+. The van der Waals surface area contributed by atoms with Gasteiger partial charge in [-0.1, -0.05) is 17.3 Å². The first-order valence-electron chi connectivity index (χ1n) is 3.99. The molecule has 1 aromatic heterocycles. The molecule has 14 heavy (non-hydrogen) atoms. The molecule has 0 saturated heterocycles. The highest BCUT2D eigenvalue weighted by Crippen LogP contribution is 2.11. The molecule has 0 saturated carbocycles. The molecule has 0 spiro atoms. The van der Waals surface area contributed by atoms with Gasteiger partial charge in [0, 0.05) is 0 Å². The summed E-state index contributed by atoms with van der Waals surface area (Å²) < 4.78 is 1.43. The van der Waals surface area contributed by atoms with Crippen LogP contribution in [0, 0.1) is 11.3 Å².